The van der Waals surface area contributed by atoms with E-state index in [4.69, 9.17) is 9.84 Å². The molecule has 0 aromatic heterocycles. The fourth-order valence-corrected chi connectivity index (χ4v) is 3.47. The molecule has 0 amide bonds. The third kappa shape index (κ3) is 2.32. The van der Waals surface area contributed by atoms with Crippen LogP contribution in [0.1, 0.15) is 35.2 Å². The summed E-state index contributed by atoms with van der Waals surface area (Å²) < 4.78 is 5.35. The molecule has 102 valence electrons. The van der Waals surface area contributed by atoms with Crippen LogP contribution in [-0.4, -0.2) is 35.7 Å². The van der Waals surface area contributed by atoms with E-state index in [1.165, 1.54) is 19.3 Å². The molecule has 0 spiro atoms. The van der Waals surface area contributed by atoms with Gasteiger partial charge in [0.25, 0.3) is 0 Å². The zero-order valence-electron chi connectivity index (χ0n) is 11.1. The molecule has 1 saturated carbocycles. The van der Waals surface area contributed by atoms with Gasteiger partial charge in [-0.1, -0.05) is 0 Å². The van der Waals surface area contributed by atoms with Crippen LogP contribution in [0.3, 0.4) is 0 Å². The molecular formula is C15H19NO3. The fourth-order valence-electron chi connectivity index (χ4n) is 3.47. The van der Waals surface area contributed by atoms with E-state index in [0.717, 1.165) is 30.3 Å². The lowest BCUT2D eigenvalue weighted by atomic mass is 10.1. The number of ether oxygens (including phenoxy) is 1. The SMILES string of the molecule is COc1ccc(C(=O)O)cc1CN1CC2CCC1C2. The van der Waals surface area contributed by atoms with Crippen molar-refractivity contribution in [1.29, 1.82) is 0 Å². The van der Waals surface area contributed by atoms with Gasteiger partial charge in [0.05, 0.1) is 12.7 Å². The summed E-state index contributed by atoms with van der Waals surface area (Å²) >= 11 is 0. The van der Waals surface area contributed by atoms with E-state index in [9.17, 15) is 4.79 Å². The fraction of sp³-hybridized carbons (Fsp3) is 0.533. The number of piperidine rings is 1. The normalized spacial score (nSPS) is 25.7. The number of fused-ring (bicyclic) bond motifs is 2. The Morgan fingerprint density at radius 2 is 2.32 bits per heavy atom. The Balaban J connectivity index is 1.82. The molecule has 1 heterocycles. The van der Waals surface area contributed by atoms with Crippen LogP contribution < -0.4 is 4.74 Å². The highest BCUT2D eigenvalue weighted by Gasteiger charge is 2.37. The van der Waals surface area contributed by atoms with Gasteiger partial charge in [0.2, 0.25) is 0 Å². The first-order valence-electron chi connectivity index (χ1n) is 6.81. The van der Waals surface area contributed by atoms with Gasteiger partial charge < -0.3 is 9.84 Å². The number of rotatable bonds is 4. The number of benzene rings is 1. The summed E-state index contributed by atoms with van der Waals surface area (Å²) in [6.07, 6.45) is 3.94. The van der Waals surface area contributed by atoms with Crippen LogP contribution in [-0.2, 0) is 6.54 Å². The zero-order chi connectivity index (χ0) is 13.4. The van der Waals surface area contributed by atoms with Crippen LogP contribution >= 0.6 is 0 Å². The topological polar surface area (TPSA) is 49.8 Å². The second kappa shape index (κ2) is 4.85. The van der Waals surface area contributed by atoms with E-state index in [2.05, 4.69) is 4.90 Å². The van der Waals surface area contributed by atoms with Crippen molar-refractivity contribution in [2.75, 3.05) is 13.7 Å². The Morgan fingerprint density at radius 3 is 2.89 bits per heavy atom. The van der Waals surface area contributed by atoms with E-state index in [-0.39, 0.29) is 0 Å². The third-order valence-corrected chi connectivity index (χ3v) is 4.42. The van der Waals surface area contributed by atoms with Crippen molar-refractivity contribution in [3.05, 3.63) is 29.3 Å². The van der Waals surface area contributed by atoms with E-state index in [1.54, 1.807) is 25.3 Å². The van der Waals surface area contributed by atoms with E-state index in [1.807, 2.05) is 0 Å². The van der Waals surface area contributed by atoms with Crippen LogP contribution in [0.4, 0.5) is 0 Å². The number of carboxylic acid groups (broad SMARTS) is 1. The summed E-state index contributed by atoms with van der Waals surface area (Å²) in [6.45, 7) is 1.94. The number of hydrogen-bond donors (Lipinski definition) is 1. The molecule has 2 fully saturated rings. The highest BCUT2D eigenvalue weighted by atomic mass is 16.5. The lowest BCUT2D eigenvalue weighted by Crippen LogP contribution is -2.31. The number of likely N-dealkylation sites (tertiary alicyclic amines) is 1. The second-order valence-electron chi connectivity index (χ2n) is 5.59. The minimum Gasteiger partial charge on any atom is -0.496 e. The van der Waals surface area contributed by atoms with Crippen LogP contribution in [0.15, 0.2) is 18.2 Å². The Bertz CT molecular complexity index is 500. The minimum atomic E-state index is -0.883. The molecule has 1 aliphatic heterocycles. The van der Waals surface area contributed by atoms with Crippen molar-refractivity contribution in [1.82, 2.24) is 4.90 Å². The maximum atomic E-state index is 11.1. The lowest BCUT2D eigenvalue weighted by Gasteiger charge is -2.27. The summed E-state index contributed by atoms with van der Waals surface area (Å²) in [5.74, 6) is 0.748. The van der Waals surface area contributed by atoms with Crippen molar-refractivity contribution in [2.24, 2.45) is 5.92 Å². The molecule has 1 aromatic carbocycles. The molecule has 1 N–H and O–H groups in total. The number of carboxylic acids is 1. The first kappa shape index (κ1) is 12.5. The van der Waals surface area contributed by atoms with Crippen molar-refractivity contribution >= 4 is 5.97 Å². The molecule has 1 saturated heterocycles. The molecule has 4 nitrogen and oxygen atoms in total. The first-order valence-corrected chi connectivity index (χ1v) is 6.81. The molecule has 4 heteroatoms. The molecule has 19 heavy (non-hydrogen) atoms. The van der Waals surface area contributed by atoms with Crippen molar-refractivity contribution < 1.29 is 14.6 Å². The van der Waals surface area contributed by atoms with Gasteiger partial charge in [-0.05, 0) is 43.4 Å². The number of methoxy groups -OCH3 is 1. The maximum Gasteiger partial charge on any atom is 0.335 e. The van der Waals surface area contributed by atoms with Crippen molar-refractivity contribution in [3.63, 3.8) is 0 Å². The van der Waals surface area contributed by atoms with E-state index in [0.29, 0.717) is 11.6 Å². The Hall–Kier alpha value is -1.55. The van der Waals surface area contributed by atoms with Gasteiger partial charge >= 0.3 is 5.97 Å². The molecule has 2 aliphatic rings. The summed E-state index contributed by atoms with van der Waals surface area (Å²) in [5, 5.41) is 9.08. The van der Waals surface area contributed by atoms with Crippen molar-refractivity contribution in [2.45, 2.75) is 31.8 Å². The van der Waals surface area contributed by atoms with E-state index >= 15 is 0 Å². The Morgan fingerprint density at radius 1 is 1.47 bits per heavy atom. The molecule has 2 unspecified atom stereocenters. The van der Waals surface area contributed by atoms with Crippen molar-refractivity contribution in [3.8, 4) is 5.75 Å². The van der Waals surface area contributed by atoms with Gasteiger partial charge in [0, 0.05) is 24.7 Å². The van der Waals surface area contributed by atoms with Gasteiger partial charge in [-0.3, -0.25) is 4.90 Å². The van der Waals surface area contributed by atoms with Crippen LogP contribution in [0.5, 0.6) is 5.75 Å². The Kier molecular flexibility index (Phi) is 3.19. The van der Waals surface area contributed by atoms with Gasteiger partial charge in [-0.15, -0.1) is 0 Å². The maximum absolute atomic E-state index is 11.1. The predicted molar refractivity (Wildman–Crippen MR) is 71.5 cm³/mol. The number of hydrogen-bond acceptors (Lipinski definition) is 3. The smallest absolute Gasteiger partial charge is 0.335 e. The summed E-state index contributed by atoms with van der Waals surface area (Å²) in [5.41, 5.74) is 1.31. The number of carbonyl (C=O) groups is 1. The standard InChI is InChI=1S/C15H19NO3/c1-19-14-5-3-11(15(17)18)7-12(14)9-16-8-10-2-4-13(16)6-10/h3,5,7,10,13H,2,4,6,8-9H2,1H3,(H,17,18). The van der Waals surface area contributed by atoms with Crippen LogP contribution in [0.2, 0.25) is 0 Å². The monoisotopic (exact) mass is 261 g/mol. The van der Waals surface area contributed by atoms with Crippen LogP contribution in [0, 0.1) is 5.92 Å². The quantitative estimate of drug-likeness (QED) is 0.904. The summed E-state index contributed by atoms with van der Waals surface area (Å²) in [7, 11) is 1.63. The zero-order valence-corrected chi connectivity index (χ0v) is 11.1. The third-order valence-electron chi connectivity index (χ3n) is 4.42. The minimum absolute atomic E-state index is 0.333. The molecular weight excluding hydrogens is 242 g/mol. The van der Waals surface area contributed by atoms with Gasteiger partial charge in [0.1, 0.15) is 5.75 Å². The van der Waals surface area contributed by atoms with Crippen LogP contribution in [0.25, 0.3) is 0 Å². The van der Waals surface area contributed by atoms with Gasteiger partial charge in [-0.25, -0.2) is 4.79 Å². The lowest BCUT2D eigenvalue weighted by molar-refractivity contribution is 0.0696. The second-order valence-corrected chi connectivity index (χ2v) is 5.59. The average Bonchev–Trinajstić information content (AvgIpc) is 3.01. The van der Waals surface area contributed by atoms with Gasteiger partial charge in [-0.2, -0.15) is 0 Å². The average molecular weight is 261 g/mol. The van der Waals surface area contributed by atoms with Gasteiger partial charge in [0.15, 0.2) is 0 Å². The molecule has 0 radical (unpaired) electrons. The molecule has 1 aliphatic carbocycles. The van der Waals surface area contributed by atoms with E-state index < -0.39 is 5.97 Å². The predicted octanol–water partition coefficient (Wildman–Crippen LogP) is 2.38. The first-order chi connectivity index (χ1) is 9.17. The Labute approximate surface area is 113 Å². The largest absolute Gasteiger partial charge is 0.496 e. The molecule has 2 atom stereocenters. The molecule has 2 bridgehead atoms. The highest BCUT2D eigenvalue weighted by Crippen LogP contribution is 2.38. The summed E-state index contributed by atoms with van der Waals surface area (Å²) in [4.78, 5) is 13.5. The summed E-state index contributed by atoms with van der Waals surface area (Å²) in [6, 6.07) is 5.78. The molecule has 1 aromatic rings. The molecule has 3 rings (SSSR count). The highest BCUT2D eigenvalue weighted by molar-refractivity contribution is 5.88. The number of aromatic carboxylic acids is 1. The number of nitrogens with zero attached hydrogens (tertiary/aromatic N) is 1.